The maximum absolute atomic E-state index is 13.1. The van der Waals surface area contributed by atoms with Crippen molar-refractivity contribution in [3.63, 3.8) is 0 Å². The molecule has 0 aliphatic heterocycles. The molecule has 0 atom stereocenters. The molecule has 0 fully saturated rings. The normalized spacial score (nSPS) is 10.9. The molecule has 1 aromatic heterocycles. The smallest absolute Gasteiger partial charge is 0.338 e. The second-order valence-corrected chi connectivity index (χ2v) is 3.65. The standard InChI is InChI=1S/C10H7ClFNO2/c1-4-9(10(14)15)5-2-6(11)7(12)3-8(5)13-4/h2-3,13H,1H3,(H,14,15). The molecule has 0 spiro atoms. The van der Waals surface area contributed by atoms with Crippen molar-refractivity contribution in [1.29, 1.82) is 0 Å². The topological polar surface area (TPSA) is 53.1 Å². The summed E-state index contributed by atoms with van der Waals surface area (Å²) in [5.74, 6) is -1.62. The highest BCUT2D eigenvalue weighted by molar-refractivity contribution is 6.31. The zero-order valence-corrected chi connectivity index (χ0v) is 8.52. The second-order valence-electron chi connectivity index (χ2n) is 3.24. The third-order valence-corrected chi connectivity index (χ3v) is 2.53. The molecule has 5 heteroatoms. The summed E-state index contributed by atoms with van der Waals surface area (Å²) >= 11 is 5.59. The Morgan fingerprint density at radius 1 is 1.53 bits per heavy atom. The molecule has 78 valence electrons. The van der Waals surface area contributed by atoms with Gasteiger partial charge in [-0.05, 0) is 19.1 Å². The van der Waals surface area contributed by atoms with Gasteiger partial charge in [0.25, 0.3) is 0 Å². The molecule has 3 nitrogen and oxygen atoms in total. The highest BCUT2D eigenvalue weighted by atomic mass is 35.5. The number of nitrogens with one attached hydrogen (secondary N) is 1. The molecule has 15 heavy (non-hydrogen) atoms. The maximum Gasteiger partial charge on any atom is 0.338 e. The molecule has 1 aromatic carbocycles. The van der Waals surface area contributed by atoms with Crippen molar-refractivity contribution in [1.82, 2.24) is 4.98 Å². The van der Waals surface area contributed by atoms with Crippen molar-refractivity contribution in [3.8, 4) is 0 Å². The first-order chi connectivity index (χ1) is 7.00. The van der Waals surface area contributed by atoms with E-state index in [0.29, 0.717) is 16.6 Å². The van der Waals surface area contributed by atoms with Gasteiger partial charge >= 0.3 is 5.97 Å². The van der Waals surface area contributed by atoms with E-state index < -0.39 is 11.8 Å². The summed E-state index contributed by atoms with van der Waals surface area (Å²) in [5.41, 5.74) is 1.05. The lowest BCUT2D eigenvalue weighted by Crippen LogP contribution is -1.97. The Hall–Kier alpha value is -1.55. The summed E-state index contributed by atoms with van der Waals surface area (Å²) in [6.45, 7) is 1.62. The number of fused-ring (bicyclic) bond motifs is 1. The number of aromatic amines is 1. The zero-order valence-electron chi connectivity index (χ0n) is 7.77. The number of carbonyl (C=O) groups is 1. The fourth-order valence-electron chi connectivity index (χ4n) is 1.60. The summed E-state index contributed by atoms with van der Waals surface area (Å²) < 4.78 is 13.1. The molecule has 1 heterocycles. The Bertz CT molecular complexity index is 562. The van der Waals surface area contributed by atoms with Crippen LogP contribution in [-0.4, -0.2) is 16.1 Å². The lowest BCUT2D eigenvalue weighted by Gasteiger charge is -1.96. The van der Waals surface area contributed by atoms with Crippen LogP contribution < -0.4 is 0 Å². The molecule has 0 saturated heterocycles. The van der Waals surface area contributed by atoms with Gasteiger partial charge in [-0.3, -0.25) is 0 Å². The molecule has 0 radical (unpaired) electrons. The van der Waals surface area contributed by atoms with Gasteiger partial charge in [-0.25, -0.2) is 9.18 Å². The number of aromatic carboxylic acids is 1. The van der Waals surface area contributed by atoms with Gasteiger partial charge in [0.05, 0.1) is 10.6 Å². The van der Waals surface area contributed by atoms with Gasteiger partial charge in [0, 0.05) is 16.6 Å². The first-order valence-corrected chi connectivity index (χ1v) is 4.59. The highest BCUT2D eigenvalue weighted by Gasteiger charge is 2.16. The van der Waals surface area contributed by atoms with Crippen molar-refractivity contribution in [2.45, 2.75) is 6.92 Å². The fourth-order valence-corrected chi connectivity index (χ4v) is 1.76. The van der Waals surface area contributed by atoms with E-state index in [-0.39, 0.29) is 10.6 Å². The predicted octanol–water partition coefficient (Wildman–Crippen LogP) is 2.97. The van der Waals surface area contributed by atoms with Gasteiger partial charge in [-0.1, -0.05) is 11.6 Å². The first kappa shape index (κ1) is 9.98. The lowest BCUT2D eigenvalue weighted by atomic mass is 10.1. The van der Waals surface area contributed by atoms with Crippen LogP contribution in [0.5, 0.6) is 0 Å². The highest BCUT2D eigenvalue weighted by Crippen LogP contribution is 2.27. The van der Waals surface area contributed by atoms with Crippen LogP contribution in [0.1, 0.15) is 16.1 Å². The number of benzene rings is 1. The van der Waals surface area contributed by atoms with E-state index in [4.69, 9.17) is 16.7 Å². The van der Waals surface area contributed by atoms with Gasteiger partial charge in [0.15, 0.2) is 0 Å². The third-order valence-electron chi connectivity index (χ3n) is 2.24. The van der Waals surface area contributed by atoms with Gasteiger partial charge in [0.1, 0.15) is 5.82 Å². The summed E-state index contributed by atoms with van der Waals surface area (Å²) in [6.07, 6.45) is 0. The molecular weight excluding hydrogens is 221 g/mol. The molecule has 2 rings (SSSR count). The molecule has 0 saturated carbocycles. The third kappa shape index (κ3) is 1.47. The second kappa shape index (κ2) is 3.24. The minimum Gasteiger partial charge on any atom is -0.478 e. The Balaban J connectivity index is 2.87. The van der Waals surface area contributed by atoms with E-state index >= 15 is 0 Å². The van der Waals surface area contributed by atoms with E-state index in [1.54, 1.807) is 6.92 Å². The van der Waals surface area contributed by atoms with E-state index in [9.17, 15) is 9.18 Å². The number of aromatic nitrogens is 1. The van der Waals surface area contributed by atoms with E-state index in [1.165, 1.54) is 12.1 Å². The molecule has 0 amide bonds. The van der Waals surface area contributed by atoms with E-state index in [1.807, 2.05) is 0 Å². The van der Waals surface area contributed by atoms with Crippen LogP contribution in [-0.2, 0) is 0 Å². The molecule has 0 unspecified atom stereocenters. The van der Waals surface area contributed by atoms with Crippen molar-refractivity contribution < 1.29 is 14.3 Å². The van der Waals surface area contributed by atoms with Gasteiger partial charge in [-0.15, -0.1) is 0 Å². The Morgan fingerprint density at radius 2 is 2.20 bits per heavy atom. The molecule has 2 aromatic rings. The van der Waals surface area contributed by atoms with Crippen molar-refractivity contribution in [2.75, 3.05) is 0 Å². The Morgan fingerprint density at radius 3 is 2.80 bits per heavy atom. The summed E-state index contributed by atoms with van der Waals surface area (Å²) in [6, 6.07) is 2.51. The zero-order chi connectivity index (χ0) is 11.2. The van der Waals surface area contributed by atoms with Crippen LogP contribution in [0.15, 0.2) is 12.1 Å². The largest absolute Gasteiger partial charge is 0.478 e. The van der Waals surface area contributed by atoms with Crippen LogP contribution in [0.3, 0.4) is 0 Å². The minimum atomic E-state index is -1.05. The van der Waals surface area contributed by atoms with Crippen molar-refractivity contribution >= 4 is 28.5 Å². The number of rotatable bonds is 1. The van der Waals surface area contributed by atoms with Crippen LogP contribution in [0.25, 0.3) is 10.9 Å². The molecular formula is C10H7ClFNO2. The summed E-state index contributed by atoms with van der Waals surface area (Å²) in [4.78, 5) is 13.7. The van der Waals surface area contributed by atoms with Gasteiger partial charge in [-0.2, -0.15) is 0 Å². The molecule has 0 aliphatic carbocycles. The molecule has 2 N–H and O–H groups in total. The van der Waals surface area contributed by atoms with E-state index in [2.05, 4.69) is 4.98 Å². The number of carboxylic acid groups (broad SMARTS) is 1. The molecule has 0 bridgehead atoms. The summed E-state index contributed by atoms with van der Waals surface area (Å²) in [5, 5.41) is 9.30. The van der Waals surface area contributed by atoms with Crippen LogP contribution in [0.4, 0.5) is 4.39 Å². The number of hydrogen-bond acceptors (Lipinski definition) is 1. The number of aryl methyl sites for hydroxylation is 1. The van der Waals surface area contributed by atoms with Crippen molar-refractivity contribution in [3.05, 3.63) is 34.2 Å². The summed E-state index contributed by atoms with van der Waals surface area (Å²) in [7, 11) is 0. The average Bonchev–Trinajstić information content (AvgIpc) is 2.41. The van der Waals surface area contributed by atoms with Crippen molar-refractivity contribution in [2.24, 2.45) is 0 Å². The Labute approximate surface area is 89.5 Å². The van der Waals surface area contributed by atoms with Crippen LogP contribution in [0, 0.1) is 12.7 Å². The van der Waals surface area contributed by atoms with Crippen LogP contribution in [0.2, 0.25) is 5.02 Å². The Kier molecular flexibility index (Phi) is 2.16. The van der Waals surface area contributed by atoms with E-state index in [0.717, 1.165) is 0 Å². The first-order valence-electron chi connectivity index (χ1n) is 4.21. The number of hydrogen-bond donors (Lipinski definition) is 2. The van der Waals surface area contributed by atoms with Gasteiger partial charge in [0.2, 0.25) is 0 Å². The number of halogens is 2. The number of H-pyrrole nitrogens is 1. The van der Waals surface area contributed by atoms with Gasteiger partial charge < -0.3 is 10.1 Å². The molecule has 0 aliphatic rings. The van der Waals surface area contributed by atoms with Crippen LogP contribution >= 0.6 is 11.6 Å². The maximum atomic E-state index is 13.1. The lowest BCUT2D eigenvalue weighted by molar-refractivity contribution is 0.0698. The SMILES string of the molecule is Cc1[nH]c2cc(F)c(Cl)cc2c1C(=O)O. The monoisotopic (exact) mass is 227 g/mol. The number of carboxylic acids is 1. The predicted molar refractivity (Wildman–Crippen MR) is 55.0 cm³/mol. The quantitative estimate of drug-likeness (QED) is 0.787. The minimum absolute atomic E-state index is 0.0796. The fraction of sp³-hybridized carbons (Fsp3) is 0.100. The average molecular weight is 228 g/mol.